The van der Waals surface area contributed by atoms with Crippen molar-refractivity contribution >= 4 is 10.8 Å². The van der Waals surface area contributed by atoms with Crippen LogP contribution in [0.2, 0.25) is 0 Å². The van der Waals surface area contributed by atoms with E-state index in [1.807, 2.05) is 38.2 Å². The van der Waals surface area contributed by atoms with Crippen molar-refractivity contribution in [2.45, 2.75) is 13.0 Å². The van der Waals surface area contributed by atoms with Crippen LogP contribution < -0.4 is 0 Å². The second kappa shape index (κ2) is 4.48. The van der Waals surface area contributed by atoms with Gasteiger partial charge in [-0.3, -0.25) is 9.67 Å². The maximum absolute atomic E-state index is 10.6. The number of aliphatic hydroxyl groups is 1. The molecule has 3 aromatic rings. The highest BCUT2D eigenvalue weighted by Crippen LogP contribution is 2.29. The Bertz CT molecular complexity index is 728. The number of pyridine rings is 1. The summed E-state index contributed by atoms with van der Waals surface area (Å²) >= 11 is 0. The highest BCUT2D eigenvalue weighted by Gasteiger charge is 2.17. The average molecular weight is 253 g/mol. The third kappa shape index (κ3) is 1.90. The summed E-state index contributed by atoms with van der Waals surface area (Å²) in [6.45, 7) is 1.95. The lowest BCUT2D eigenvalue weighted by Crippen LogP contribution is -2.03. The zero-order valence-electron chi connectivity index (χ0n) is 10.9. The smallest absolute Gasteiger partial charge is 0.108 e. The second-order valence-electron chi connectivity index (χ2n) is 4.66. The first-order valence-electron chi connectivity index (χ1n) is 6.17. The van der Waals surface area contributed by atoms with Gasteiger partial charge in [0.25, 0.3) is 0 Å². The molecular weight excluding hydrogens is 238 g/mol. The standard InChI is InChI=1S/C15H15N3O/c1-10-13(9-17-18(10)2)15(19)12-5-3-4-11-6-7-16-8-14(11)12/h3-9,15,19H,1-2H3. The summed E-state index contributed by atoms with van der Waals surface area (Å²) < 4.78 is 1.77. The fourth-order valence-corrected chi connectivity index (χ4v) is 2.33. The summed E-state index contributed by atoms with van der Waals surface area (Å²) in [5.74, 6) is 0. The zero-order valence-corrected chi connectivity index (χ0v) is 10.9. The Hall–Kier alpha value is -2.20. The van der Waals surface area contributed by atoms with E-state index in [1.54, 1.807) is 23.3 Å². The Morgan fingerprint density at radius 3 is 2.74 bits per heavy atom. The first-order chi connectivity index (χ1) is 9.18. The molecule has 1 unspecified atom stereocenters. The molecule has 0 radical (unpaired) electrons. The predicted molar refractivity (Wildman–Crippen MR) is 73.7 cm³/mol. The molecule has 0 bridgehead atoms. The molecule has 0 aliphatic heterocycles. The fraction of sp³-hybridized carbons (Fsp3) is 0.200. The fourth-order valence-electron chi connectivity index (χ4n) is 2.33. The monoisotopic (exact) mass is 253 g/mol. The van der Waals surface area contributed by atoms with Gasteiger partial charge in [0.2, 0.25) is 0 Å². The number of rotatable bonds is 2. The third-order valence-corrected chi connectivity index (χ3v) is 3.58. The van der Waals surface area contributed by atoms with Crippen LogP contribution in [-0.2, 0) is 7.05 Å². The van der Waals surface area contributed by atoms with Gasteiger partial charge in [-0.05, 0) is 23.9 Å². The molecule has 4 heteroatoms. The maximum Gasteiger partial charge on any atom is 0.108 e. The molecule has 3 rings (SSSR count). The molecule has 1 N–H and O–H groups in total. The van der Waals surface area contributed by atoms with Gasteiger partial charge >= 0.3 is 0 Å². The summed E-state index contributed by atoms with van der Waals surface area (Å²) in [7, 11) is 1.87. The van der Waals surface area contributed by atoms with Gasteiger partial charge in [-0.25, -0.2) is 0 Å². The van der Waals surface area contributed by atoms with Crippen LogP contribution in [0.15, 0.2) is 42.9 Å². The molecule has 1 aromatic carbocycles. The van der Waals surface area contributed by atoms with Crippen LogP contribution in [0.5, 0.6) is 0 Å². The molecule has 0 saturated carbocycles. The molecule has 0 aliphatic rings. The topological polar surface area (TPSA) is 50.9 Å². The van der Waals surface area contributed by atoms with Crippen LogP contribution in [-0.4, -0.2) is 19.9 Å². The number of fused-ring (bicyclic) bond motifs is 1. The summed E-state index contributed by atoms with van der Waals surface area (Å²) in [6.07, 6.45) is 4.59. The van der Waals surface area contributed by atoms with Crippen LogP contribution in [0, 0.1) is 6.92 Å². The van der Waals surface area contributed by atoms with Crippen molar-refractivity contribution in [1.82, 2.24) is 14.8 Å². The van der Waals surface area contributed by atoms with E-state index in [2.05, 4.69) is 10.1 Å². The van der Waals surface area contributed by atoms with Crippen molar-refractivity contribution < 1.29 is 5.11 Å². The lowest BCUT2D eigenvalue weighted by molar-refractivity contribution is 0.221. The van der Waals surface area contributed by atoms with Crippen molar-refractivity contribution in [2.24, 2.45) is 7.05 Å². The second-order valence-corrected chi connectivity index (χ2v) is 4.66. The van der Waals surface area contributed by atoms with Gasteiger partial charge < -0.3 is 5.11 Å². The molecule has 4 nitrogen and oxygen atoms in total. The number of benzene rings is 1. The number of aryl methyl sites for hydroxylation is 1. The molecule has 0 aliphatic carbocycles. The van der Waals surface area contributed by atoms with Gasteiger partial charge in [-0.1, -0.05) is 18.2 Å². The van der Waals surface area contributed by atoms with Gasteiger partial charge in [0, 0.05) is 36.1 Å². The van der Waals surface area contributed by atoms with E-state index in [1.165, 1.54) is 0 Å². The molecule has 1 atom stereocenters. The Kier molecular flexibility index (Phi) is 2.80. The molecule has 0 fully saturated rings. The number of aromatic nitrogens is 3. The van der Waals surface area contributed by atoms with Crippen LogP contribution >= 0.6 is 0 Å². The lowest BCUT2D eigenvalue weighted by atomic mass is 9.97. The highest BCUT2D eigenvalue weighted by molar-refractivity contribution is 5.85. The molecule has 0 spiro atoms. The van der Waals surface area contributed by atoms with E-state index in [9.17, 15) is 5.11 Å². The summed E-state index contributed by atoms with van der Waals surface area (Å²) in [5.41, 5.74) is 2.66. The molecular formula is C15H15N3O. The number of hydrogen-bond acceptors (Lipinski definition) is 3. The van der Waals surface area contributed by atoms with Crippen molar-refractivity contribution in [2.75, 3.05) is 0 Å². The van der Waals surface area contributed by atoms with E-state index in [0.717, 1.165) is 27.6 Å². The molecule has 19 heavy (non-hydrogen) atoms. The van der Waals surface area contributed by atoms with Gasteiger partial charge in [0.1, 0.15) is 6.10 Å². The van der Waals surface area contributed by atoms with Gasteiger partial charge in [-0.2, -0.15) is 5.10 Å². The van der Waals surface area contributed by atoms with Crippen LogP contribution in [0.3, 0.4) is 0 Å². The minimum atomic E-state index is -0.679. The third-order valence-electron chi connectivity index (χ3n) is 3.58. The van der Waals surface area contributed by atoms with Crippen LogP contribution in [0.4, 0.5) is 0 Å². The van der Waals surface area contributed by atoms with Gasteiger partial charge in [0.05, 0.1) is 6.20 Å². The lowest BCUT2D eigenvalue weighted by Gasteiger charge is -2.13. The Morgan fingerprint density at radius 2 is 2.00 bits per heavy atom. The Labute approximate surface area is 111 Å². The predicted octanol–water partition coefficient (Wildman–Crippen LogP) is 2.36. The molecule has 2 aromatic heterocycles. The van der Waals surface area contributed by atoms with E-state index >= 15 is 0 Å². The first-order valence-corrected chi connectivity index (χ1v) is 6.17. The largest absolute Gasteiger partial charge is 0.384 e. The number of aliphatic hydroxyl groups excluding tert-OH is 1. The van der Waals surface area contributed by atoms with E-state index in [0.29, 0.717) is 0 Å². The number of hydrogen-bond donors (Lipinski definition) is 1. The zero-order chi connectivity index (χ0) is 13.4. The van der Waals surface area contributed by atoms with E-state index in [4.69, 9.17) is 0 Å². The summed E-state index contributed by atoms with van der Waals surface area (Å²) in [5, 5.41) is 16.8. The molecule has 0 saturated heterocycles. The molecule has 96 valence electrons. The first kappa shape index (κ1) is 11.9. The highest BCUT2D eigenvalue weighted by atomic mass is 16.3. The van der Waals surface area contributed by atoms with Gasteiger partial charge in [-0.15, -0.1) is 0 Å². The summed E-state index contributed by atoms with van der Waals surface area (Å²) in [4.78, 5) is 4.15. The van der Waals surface area contributed by atoms with Crippen molar-refractivity contribution in [3.8, 4) is 0 Å². The quantitative estimate of drug-likeness (QED) is 0.762. The number of nitrogens with zero attached hydrogens (tertiary/aromatic N) is 3. The molecule has 0 amide bonds. The van der Waals surface area contributed by atoms with Crippen molar-refractivity contribution in [1.29, 1.82) is 0 Å². The average Bonchev–Trinajstić information content (AvgIpc) is 2.78. The Balaban J connectivity index is 2.17. The minimum Gasteiger partial charge on any atom is -0.384 e. The molecule has 2 heterocycles. The van der Waals surface area contributed by atoms with Gasteiger partial charge in [0.15, 0.2) is 0 Å². The van der Waals surface area contributed by atoms with Crippen molar-refractivity contribution in [3.05, 3.63) is 59.7 Å². The van der Waals surface area contributed by atoms with Crippen LogP contribution in [0.25, 0.3) is 10.8 Å². The maximum atomic E-state index is 10.6. The normalized spacial score (nSPS) is 12.8. The van der Waals surface area contributed by atoms with E-state index < -0.39 is 6.10 Å². The SMILES string of the molecule is Cc1c(C(O)c2cccc3ccncc23)cnn1C. The minimum absolute atomic E-state index is 0.679. The summed E-state index contributed by atoms with van der Waals surface area (Å²) in [6, 6.07) is 7.85. The van der Waals surface area contributed by atoms with Crippen LogP contribution in [0.1, 0.15) is 22.9 Å². The Morgan fingerprint density at radius 1 is 1.16 bits per heavy atom. The van der Waals surface area contributed by atoms with E-state index in [-0.39, 0.29) is 0 Å². The van der Waals surface area contributed by atoms with Crippen molar-refractivity contribution in [3.63, 3.8) is 0 Å².